The van der Waals surface area contributed by atoms with Crippen LogP contribution in [0.15, 0.2) is 0 Å². The van der Waals surface area contributed by atoms with Crippen LogP contribution in [0, 0.1) is 22.7 Å². The summed E-state index contributed by atoms with van der Waals surface area (Å²) in [7, 11) is 0. The lowest BCUT2D eigenvalue weighted by Crippen LogP contribution is -2.68. The second kappa shape index (κ2) is 7.23. The molecule has 1 aromatic heterocycles. The lowest BCUT2D eigenvalue weighted by molar-refractivity contribution is -0.230. The Hall–Kier alpha value is -1.10. The quantitative estimate of drug-likeness (QED) is 0.595. The number of aromatic nitrogens is 1. The molecule has 2 saturated heterocycles. The third-order valence-electron chi connectivity index (χ3n) is 11.2. The molecule has 1 spiro atoms. The molecule has 3 heterocycles. The van der Waals surface area contributed by atoms with E-state index in [0.29, 0.717) is 5.92 Å². The van der Waals surface area contributed by atoms with Crippen LogP contribution in [0.25, 0.3) is 12.2 Å². The average Bonchev–Trinajstić information content (AvgIpc) is 3.34. The van der Waals surface area contributed by atoms with Gasteiger partial charge in [-0.1, -0.05) is 46.8 Å². The molecule has 188 valence electrons. The van der Waals surface area contributed by atoms with E-state index in [1.54, 1.807) is 11.3 Å². The van der Waals surface area contributed by atoms with E-state index >= 15 is 0 Å². The van der Waals surface area contributed by atoms with Crippen molar-refractivity contribution in [1.82, 2.24) is 4.98 Å². The van der Waals surface area contributed by atoms with Gasteiger partial charge in [0.25, 0.3) is 0 Å². The van der Waals surface area contributed by atoms with Gasteiger partial charge >= 0.3 is 0 Å². The van der Waals surface area contributed by atoms with Gasteiger partial charge in [0.1, 0.15) is 5.60 Å². The van der Waals surface area contributed by atoms with Crippen molar-refractivity contribution in [3.05, 3.63) is 21.8 Å². The second-order valence-electron chi connectivity index (χ2n) is 13.0. The Morgan fingerprint density at radius 1 is 1.09 bits per heavy atom. The van der Waals surface area contributed by atoms with Gasteiger partial charge in [0.05, 0.1) is 23.9 Å². The predicted molar refractivity (Wildman–Crippen MR) is 136 cm³/mol. The van der Waals surface area contributed by atoms with Crippen LogP contribution in [0.1, 0.15) is 104 Å². The number of aliphatic hydroxyl groups is 1. The summed E-state index contributed by atoms with van der Waals surface area (Å²) < 4.78 is 13.5. The molecule has 2 aliphatic heterocycles. The van der Waals surface area contributed by atoms with Gasteiger partial charge in [-0.25, -0.2) is 0 Å². The fourth-order valence-electron chi connectivity index (χ4n) is 9.65. The molecule has 4 aliphatic carbocycles. The van der Waals surface area contributed by atoms with Crippen molar-refractivity contribution in [1.29, 1.82) is 0 Å². The molecule has 4 heteroatoms. The number of nitrogens with one attached hydrogen (secondary N) is 1. The van der Waals surface area contributed by atoms with E-state index in [-0.39, 0.29) is 40.7 Å². The third-order valence-corrected chi connectivity index (χ3v) is 11.2. The van der Waals surface area contributed by atoms with Gasteiger partial charge < -0.3 is 19.6 Å². The molecule has 4 nitrogen and oxygen atoms in total. The van der Waals surface area contributed by atoms with E-state index < -0.39 is 5.60 Å². The first-order chi connectivity index (χ1) is 16.1. The van der Waals surface area contributed by atoms with E-state index in [4.69, 9.17) is 9.47 Å². The van der Waals surface area contributed by atoms with Crippen LogP contribution in [0.2, 0.25) is 0 Å². The summed E-state index contributed by atoms with van der Waals surface area (Å²) in [5.41, 5.74) is 2.44. The first kappa shape index (κ1) is 23.3. The molecule has 0 amide bonds. The van der Waals surface area contributed by atoms with Crippen molar-refractivity contribution in [2.45, 2.75) is 129 Å². The van der Waals surface area contributed by atoms with Crippen LogP contribution < -0.4 is 10.6 Å². The van der Waals surface area contributed by atoms with Gasteiger partial charge in [-0.05, 0) is 80.9 Å². The van der Waals surface area contributed by atoms with Crippen molar-refractivity contribution in [3.8, 4) is 0 Å². The third kappa shape index (κ3) is 2.61. The zero-order valence-electron chi connectivity index (χ0n) is 22.3. The molecule has 0 bridgehead atoms. The standard InChI is InChI=1S/C28H39NO3.C2H6/c1-15-23(25(2,3)30)31-20-11-12-26(4)21-16(10-13-27(26,5)28(20)24(15)32-28)14-18-17-8-6-7-9-19(17)29-22(18)21;1-2/h8-9,15-16,20-21,23-24,29-30H,6-7,10-14H2,1-5H3;1-2H3. The number of epoxide rings is 1. The molecule has 9 atom stereocenters. The molecule has 1 aromatic rings. The number of ether oxygens (including phenoxy) is 2. The fraction of sp³-hybridized carbons (Fsp3) is 0.800. The van der Waals surface area contributed by atoms with Crippen molar-refractivity contribution >= 4 is 12.2 Å². The molecule has 9 unspecified atom stereocenters. The molecule has 2 saturated carbocycles. The van der Waals surface area contributed by atoms with E-state index in [2.05, 4.69) is 37.9 Å². The molecule has 0 radical (unpaired) electrons. The lowest BCUT2D eigenvalue weighted by atomic mass is 9.41. The average molecular weight is 468 g/mol. The Morgan fingerprint density at radius 3 is 2.56 bits per heavy atom. The molecule has 0 aromatic carbocycles. The van der Waals surface area contributed by atoms with Crippen molar-refractivity contribution < 1.29 is 14.6 Å². The highest BCUT2D eigenvalue weighted by molar-refractivity contribution is 5.47. The largest absolute Gasteiger partial charge is 0.388 e. The van der Waals surface area contributed by atoms with Crippen LogP contribution in [-0.4, -0.2) is 39.6 Å². The van der Waals surface area contributed by atoms with Crippen LogP contribution in [0.5, 0.6) is 0 Å². The summed E-state index contributed by atoms with van der Waals surface area (Å²) in [5, 5.41) is 13.7. The first-order valence-corrected chi connectivity index (χ1v) is 14.1. The minimum absolute atomic E-state index is 0.0915. The molecule has 2 N–H and O–H groups in total. The Bertz CT molecular complexity index is 1110. The highest BCUT2D eigenvalue weighted by atomic mass is 16.7. The molecule has 7 rings (SSSR count). The maximum Gasteiger partial charge on any atom is 0.127 e. The minimum Gasteiger partial charge on any atom is -0.388 e. The van der Waals surface area contributed by atoms with Gasteiger partial charge in [0.15, 0.2) is 0 Å². The first-order valence-electron chi connectivity index (χ1n) is 14.1. The van der Waals surface area contributed by atoms with E-state index in [9.17, 15) is 5.11 Å². The van der Waals surface area contributed by atoms with Gasteiger partial charge in [-0.3, -0.25) is 0 Å². The molecule has 34 heavy (non-hydrogen) atoms. The van der Waals surface area contributed by atoms with Crippen LogP contribution in [0.4, 0.5) is 0 Å². The number of aromatic amines is 1. The molecule has 6 aliphatic rings. The Labute approximate surface area is 205 Å². The zero-order valence-corrected chi connectivity index (χ0v) is 22.3. The second-order valence-corrected chi connectivity index (χ2v) is 13.0. The number of hydrogen-bond donors (Lipinski definition) is 2. The van der Waals surface area contributed by atoms with Crippen LogP contribution >= 0.6 is 0 Å². The van der Waals surface area contributed by atoms with Gasteiger partial charge in [-0.2, -0.15) is 0 Å². The summed E-state index contributed by atoms with van der Waals surface area (Å²) in [4.78, 5) is 3.93. The number of hydrogen-bond acceptors (Lipinski definition) is 3. The SMILES string of the molecule is CC.CC1C(C(C)(C)O)OC2CCC3(C)C4c5[nH]c6c(c5CC4CCC3(C)C23OC13)=CCCC=6. The maximum atomic E-state index is 10.8. The smallest absolute Gasteiger partial charge is 0.127 e. The highest BCUT2D eigenvalue weighted by Crippen LogP contribution is 2.77. The Kier molecular flexibility index (Phi) is 4.96. The summed E-state index contributed by atoms with van der Waals surface area (Å²) in [6.07, 6.45) is 13.4. The zero-order chi connectivity index (χ0) is 24.3. The fourth-order valence-corrected chi connectivity index (χ4v) is 9.65. The van der Waals surface area contributed by atoms with Gasteiger partial charge in [0.2, 0.25) is 0 Å². The predicted octanol–water partition coefficient (Wildman–Crippen LogP) is 4.56. The van der Waals surface area contributed by atoms with Gasteiger partial charge in [0, 0.05) is 28.3 Å². The van der Waals surface area contributed by atoms with Crippen molar-refractivity contribution in [2.24, 2.45) is 22.7 Å². The van der Waals surface area contributed by atoms with E-state index in [0.717, 1.165) is 18.8 Å². The Morgan fingerprint density at radius 2 is 1.82 bits per heavy atom. The molecular weight excluding hydrogens is 422 g/mol. The summed E-state index contributed by atoms with van der Waals surface area (Å²) in [6, 6.07) is 0. The van der Waals surface area contributed by atoms with Crippen LogP contribution in [0.3, 0.4) is 0 Å². The Balaban J connectivity index is 0.00000106. The maximum absolute atomic E-state index is 10.8. The number of rotatable bonds is 1. The summed E-state index contributed by atoms with van der Waals surface area (Å²) in [6.45, 7) is 15.1. The highest BCUT2D eigenvalue weighted by Gasteiger charge is 2.82. The minimum atomic E-state index is -0.840. The van der Waals surface area contributed by atoms with Crippen molar-refractivity contribution in [2.75, 3.05) is 0 Å². The van der Waals surface area contributed by atoms with Crippen LogP contribution in [-0.2, 0) is 15.9 Å². The normalized spacial score (nSPS) is 47.8. The summed E-state index contributed by atoms with van der Waals surface area (Å²) in [5.74, 6) is 1.56. The monoisotopic (exact) mass is 467 g/mol. The lowest BCUT2D eigenvalue weighted by Gasteiger charge is -2.64. The number of fused-ring (bicyclic) bond motifs is 7. The van der Waals surface area contributed by atoms with E-state index in [1.165, 1.54) is 42.7 Å². The molecular formula is C30H45NO3. The van der Waals surface area contributed by atoms with E-state index in [1.807, 2.05) is 27.7 Å². The summed E-state index contributed by atoms with van der Waals surface area (Å²) >= 11 is 0. The van der Waals surface area contributed by atoms with Gasteiger partial charge in [-0.15, -0.1) is 0 Å². The topological polar surface area (TPSA) is 57.8 Å². The number of H-pyrrole nitrogens is 1. The van der Waals surface area contributed by atoms with Crippen molar-refractivity contribution in [3.63, 3.8) is 0 Å². The molecule has 4 fully saturated rings.